The van der Waals surface area contributed by atoms with Gasteiger partial charge in [-0.05, 0) is 47.7 Å². The average Bonchev–Trinajstić information content (AvgIpc) is 2.56. The van der Waals surface area contributed by atoms with Gasteiger partial charge in [-0.3, -0.25) is 4.79 Å². The van der Waals surface area contributed by atoms with E-state index in [0.717, 1.165) is 6.42 Å². The molecule has 122 valence electrons. The monoisotopic (exact) mass is 314 g/mol. The molecule has 0 amide bonds. The summed E-state index contributed by atoms with van der Waals surface area (Å²) in [5, 5.41) is 0. The number of ketones is 1. The molecule has 2 nitrogen and oxygen atoms in total. The van der Waals surface area contributed by atoms with Gasteiger partial charge in [-0.1, -0.05) is 39.8 Å². The summed E-state index contributed by atoms with van der Waals surface area (Å²) in [5.41, 5.74) is 1.69. The van der Waals surface area contributed by atoms with Crippen molar-refractivity contribution < 1.29 is 13.9 Å². The maximum absolute atomic E-state index is 14.1. The summed E-state index contributed by atoms with van der Waals surface area (Å²) in [6, 6.07) is 12.0. The number of ether oxygens (including phenoxy) is 1. The maximum atomic E-state index is 14.1. The molecule has 0 fully saturated rings. The Bertz CT molecular complexity index is 687. The molecule has 0 saturated carbocycles. The van der Waals surface area contributed by atoms with Crippen LogP contribution >= 0.6 is 0 Å². The van der Waals surface area contributed by atoms with Crippen molar-refractivity contribution in [2.75, 3.05) is 0 Å². The number of hydrogen-bond acceptors (Lipinski definition) is 2. The average molecular weight is 314 g/mol. The zero-order chi connectivity index (χ0) is 17.0. The molecule has 0 heterocycles. The minimum Gasteiger partial charge on any atom is -0.454 e. The molecular formula is C20H23FO2. The van der Waals surface area contributed by atoms with Crippen molar-refractivity contribution in [1.29, 1.82) is 0 Å². The predicted octanol–water partition coefficient (Wildman–Crippen LogP) is 5.90. The Labute approximate surface area is 137 Å². The van der Waals surface area contributed by atoms with E-state index in [0.29, 0.717) is 17.7 Å². The number of Topliss-reactive ketones (excluding diaryl/α,β-unsaturated/α-hetero) is 1. The van der Waals surface area contributed by atoms with E-state index in [1.165, 1.54) is 17.7 Å². The second-order valence-electron chi connectivity index (χ2n) is 6.29. The van der Waals surface area contributed by atoms with Gasteiger partial charge in [0.2, 0.25) is 0 Å². The highest BCUT2D eigenvalue weighted by atomic mass is 19.1. The van der Waals surface area contributed by atoms with Crippen LogP contribution in [-0.2, 0) is 5.41 Å². The van der Waals surface area contributed by atoms with Crippen LogP contribution < -0.4 is 4.74 Å². The summed E-state index contributed by atoms with van der Waals surface area (Å²) in [5.74, 6) is 0.0955. The zero-order valence-corrected chi connectivity index (χ0v) is 14.2. The second kappa shape index (κ2) is 6.95. The highest BCUT2D eigenvalue weighted by Crippen LogP contribution is 2.30. The molecule has 0 N–H and O–H groups in total. The highest BCUT2D eigenvalue weighted by molar-refractivity contribution is 5.95. The Hall–Kier alpha value is -2.16. The molecule has 0 radical (unpaired) electrons. The van der Waals surface area contributed by atoms with Gasteiger partial charge in [-0.25, -0.2) is 4.39 Å². The van der Waals surface area contributed by atoms with Gasteiger partial charge in [0.05, 0.1) is 0 Å². The Morgan fingerprint density at radius 2 is 1.74 bits per heavy atom. The number of rotatable bonds is 6. The third-order valence-corrected chi connectivity index (χ3v) is 4.32. The minimum absolute atomic E-state index is 0.0819. The molecule has 0 atom stereocenters. The molecule has 0 spiro atoms. The lowest BCUT2D eigenvalue weighted by Gasteiger charge is -2.23. The van der Waals surface area contributed by atoms with Crippen LogP contribution in [0.3, 0.4) is 0 Å². The van der Waals surface area contributed by atoms with Gasteiger partial charge in [-0.15, -0.1) is 0 Å². The van der Waals surface area contributed by atoms with Crippen LogP contribution in [0.5, 0.6) is 11.5 Å². The number of carbonyl (C=O) groups is 1. The van der Waals surface area contributed by atoms with Crippen LogP contribution in [0.2, 0.25) is 0 Å². The fraction of sp³-hybridized carbons (Fsp3) is 0.350. The number of hydrogen-bond donors (Lipinski definition) is 0. The first-order valence-corrected chi connectivity index (χ1v) is 7.98. The Kier molecular flexibility index (Phi) is 5.19. The van der Waals surface area contributed by atoms with E-state index in [-0.39, 0.29) is 16.9 Å². The molecule has 0 unspecified atom stereocenters. The van der Waals surface area contributed by atoms with Crippen molar-refractivity contribution in [2.24, 2.45) is 0 Å². The minimum atomic E-state index is -0.526. The van der Waals surface area contributed by atoms with Crippen LogP contribution in [0.1, 0.15) is 56.5 Å². The van der Waals surface area contributed by atoms with E-state index in [1.54, 1.807) is 13.0 Å². The first-order chi connectivity index (χ1) is 10.9. The van der Waals surface area contributed by atoms with Gasteiger partial charge in [0.1, 0.15) is 5.75 Å². The van der Waals surface area contributed by atoms with Crippen molar-refractivity contribution in [3.63, 3.8) is 0 Å². The SMILES string of the molecule is CCC(=O)c1ccc(Oc2ccc(C(C)(C)CC)cc2)c(F)c1. The number of halogens is 1. The summed E-state index contributed by atoms with van der Waals surface area (Å²) < 4.78 is 19.7. The molecule has 3 heteroatoms. The molecule has 0 bridgehead atoms. The summed E-state index contributed by atoms with van der Waals surface area (Å²) in [6.45, 7) is 8.28. The van der Waals surface area contributed by atoms with Crippen LogP contribution in [0.25, 0.3) is 0 Å². The Morgan fingerprint density at radius 3 is 2.26 bits per heavy atom. The summed E-state index contributed by atoms with van der Waals surface area (Å²) >= 11 is 0. The molecule has 2 rings (SSSR count). The fourth-order valence-corrected chi connectivity index (χ4v) is 2.27. The standard InChI is InChI=1S/C20H23FO2/c1-5-18(22)14-7-12-19(17(21)13-14)23-16-10-8-15(9-11-16)20(3,4)6-2/h7-13H,5-6H2,1-4H3. The van der Waals surface area contributed by atoms with Gasteiger partial charge < -0.3 is 4.74 Å². The van der Waals surface area contributed by atoms with E-state index in [2.05, 4.69) is 20.8 Å². The van der Waals surface area contributed by atoms with Crippen molar-refractivity contribution in [3.05, 3.63) is 59.4 Å². The smallest absolute Gasteiger partial charge is 0.166 e. The van der Waals surface area contributed by atoms with Gasteiger partial charge in [0, 0.05) is 12.0 Å². The molecule has 0 saturated heterocycles. The van der Waals surface area contributed by atoms with Crippen molar-refractivity contribution >= 4 is 5.78 Å². The second-order valence-corrected chi connectivity index (χ2v) is 6.29. The van der Waals surface area contributed by atoms with Crippen LogP contribution in [-0.4, -0.2) is 5.78 Å². The molecule has 0 aliphatic rings. The summed E-state index contributed by atoms with van der Waals surface area (Å²) in [7, 11) is 0. The molecule has 2 aromatic rings. The lowest BCUT2D eigenvalue weighted by Crippen LogP contribution is -2.14. The summed E-state index contributed by atoms with van der Waals surface area (Å²) in [6.07, 6.45) is 1.39. The Morgan fingerprint density at radius 1 is 1.09 bits per heavy atom. The van der Waals surface area contributed by atoms with E-state index < -0.39 is 5.82 Å². The van der Waals surface area contributed by atoms with Gasteiger partial charge in [-0.2, -0.15) is 0 Å². The van der Waals surface area contributed by atoms with Gasteiger partial charge in [0.15, 0.2) is 17.3 Å². The first kappa shape index (κ1) is 17.2. The molecule has 23 heavy (non-hydrogen) atoms. The van der Waals surface area contributed by atoms with Crippen molar-refractivity contribution in [2.45, 2.75) is 46.0 Å². The van der Waals surface area contributed by atoms with Crippen molar-refractivity contribution in [1.82, 2.24) is 0 Å². The van der Waals surface area contributed by atoms with E-state index in [1.807, 2.05) is 24.3 Å². The lowest BCUT2D eigenvalue weighted by molar-refractivity contribution is 0.0987. The normalized spacial score (nSPS) is 11.3. The molecule has 0 aromatic heterocycles. The predicted molar refractivity (Wildman–Crippen MR) is 90.9 cm³/mol. The summed E-state index contributed by atoms with van der Waals surface area (Å²) in [4.78, 5) is 11.6. The van der Waals surface area contributed by atoms with E-state index >= 15 is 0 Å². The maximum Gasteiger partial charge on any atom is 0.166 e. The van der Waals surface area contributed by atoms with Gasteiger partial charge in [0.25, 0.3) is 0 Å². The van der Waals surface area contributed by atoms with Crippen LogP contribution in [0.15, 0.2) is 42.5 Å². The third-order valence-electron chi connectivity index (χ3n) is 4.32. The van der Waals surface area contributed by atoms with Gasteiger partial charge >= 0.3 is 0 Å². The number of carbonyl (C=O) groups excluding carboxylic acids is 1. The van der Waals surface area contributed by atoms with E-state index in [9.17, 15) is 9.18 Å². The molecule has 0 aliphatic heterocycles. The third kappa shape index (κ3) is 3.98. The van der Waals surface area contributed by atoms with Crippen LogP contribution in [0.4, 0.5) is 4.39 Å². The molecule has 2 aromatic carbocycles. The largest absolute Gasteiger partial charge is 0.454 e. The van der Waals surface area contributed by atoms with E-state index in [4.69, 9.17) is 4.74 Å². The zero-order valence-electron chi connectivity index (χ0n) is 14.2. The molecular weight excluding hydrogens is 291 g/mol. The lowest BCUT2D eigenvalue weighted by atomic mass is 9.82. The topological polar surface area (TPSA) is 26.3 Å². The number of benzene rings is 2. The quantitative estimate of drug-likeness (QED) is 0.621. The van der Waals surface area contributed by atoms with Crippen molar-refractivity contribution in [3.8, 4) is 11.5 Å². The first-order valence-electron chi connectivity index (χ1n) is 7.98. The fourth-order valence-electron chi connectivity index (χ4n) is 2.27. The highest BCUT2D eigenvalue weighted by Gasteiger charge is 2.18. The Balaban J connectivity index is 2.18. The van der Waals surface area contributed by atoms with Crippen LogP contribution in [0, 0.1) is 5.82 Å². The molecule has 0 aliphatic carbocycles.